The van der Waals surface area contributed by atoms with Gasteiger partial charge in [0.15, 0.2) is 0 Å². The van der Waals surface area contributed by atoms with Crippen molar-refractivity contribution < 1.29 is 5.11 Å². The van der Waals surface area contributed by atoms with Gasteiger partial charge in [0.05, 0.1) is 17.7 Å². The minimum absolute atomic E-state index is 0.455. The van der Waals surface area contributed by atoms with Crippen molar-refractivity contribution in [3.05, 3.63) is 65.0 Å². The Labute approximate surface area is 106 Å². The van der Waals surface area contributed by atoms with Crippen LogP contribution in [0.15, 0.2) is 42.5 Å². The van der Waals surface area contributed by atoms with E-state index in [1.165, 1.54) is 0 Å². The average Bonchev–Trinajstić information content (AvgIpc) is 2.39. The minimum Gasteiger partial charge on any atom is -0.388 e. The Hall–Kier alpha value is -2.18. The zero-order valence-electron chi connectivity index (χ0n) is 10.2. The molecule has 2 rings (SSSR count). The van der Waals surface area contributed by atoms with E-state index < -0.39 is 6.10 Å². The van der Waals surface area contributed by atoms with Crippen LogP contribution in [0, 0.1) is 18.3 Å². The number of aryl methyl sites for hydroxylation is 1. The SMILES string of the molecule is Cc1cccc(C[C@@H](O)c2cccc(C#N)c2)n1. The molecule has 3 nitrogen and oxygen atoms in total. The van der Waals surface area contributed by atoms with Gasteiger partial charge in [0, 0.05) is 17.8 Å². The van der Waals surface area contributed by atoms with Crippen LogP contribution in [0.25, 0.3) is 0 Å². The molecule has 0 saturated heterocycles. The van der Waals surface area contributed by atoms with Gasteiger partial charge < -0.3 is 5.11 Å². The van der Waals surface area contributed by atoms with E-state index in [4.69, 9.17) is 5.26 Å². The molecule has 1 N–H and O–H groups in total. The summed E-state index contributed by atoms with van der Waals surface area (Å²) in [7, 11) is 0. The molecule has 0 fully saturated rings. The summed E-state index contributed by atoms with van der Waals surface area (Å²) in [5.74, 6) is 0. The van der Waals surface area contributed by atoms with E-state index in [0.29, 0.717) is 12.0 Å². The van der Waals surface area contributed by atoms with Crippen LogP contribution in [0.4, 0.5) is 0 Å². The molecule has 1 heterocycles. The molecule has 0 radical (unpaired) electrons. The summed E-state index contributed by atoms with van der Waals surface area (Å²) in [6.07, 6.45) is -0.177. The third-order valence-electron chi connectivity index (χ3n) is 2.75. The quantitative estimate of drug-likeness (QED) is 0.894. The second-order valence-corrected chi connectivity index (χ2v) is 4.23. The van der Waals surface area contributed by atoms with E-state index in [-0.39, 0.29) is 0 Å². The normalized spacial score (nSPS) is 11.8. The molecular formula is C15H14N2O. The molecule has 1 aromatic carbocycles. The van der Waals surface area contributed by atoms with E-state index in [2.05, 4.69) is 11.1 Å². The molecule has 0 spiro atoms. The summed E-state index contributed by atoms with van der Waals surface area (Å²) in [6.45, 7) is 1.92. The summed E-state index contributed by atoms with van der Waals surface area (Å²) in [5.41, 5.74) is 3.09. The van der Waals surface area contributed by atoms with Crippen molar-refractivity contribution in [2.45, 2.75) is 19.4 Å². The maximum atomic E-state index is 10.1. The highest BCUT2D eigenvalue weighted by Gasteiger charge is 2.10. The predicted molar refractivity (Wildman–Crippen MR) is 68.8 cm³/mol. The molecule has 1 atom stereocenters. The maximum absolute atomic E-state index is 10.1. The topological polar surface area (TPSA) is 56.9 Å². The monoisotopic (exact) mass is 238 g/mol. The van der Waals surface area contributed by atoms with E-state index in [0.717, 1.165) is 17.0 Å². The fourth-order valence-electron chi connectivity index (χ4n) is 1.84. The lowest BCUT2D eigenvalue weighted by molar-refractivity contribution is 0.177. The number of nitrogens with zero attached hydrogens (tertiary/aromatic N) is 2. The minimum atomic E-state index is -0.632. The van der Waals surface area contributed by atoms with Crippen molar-refractivity contribution in [1.82, 2.24) is 4.98 Å². The Morgan fingerprint density at radius 1 is 1.28 bits per heavy atom. The number of hydrogen-bond donors (Lipinski definition) is 1. The number of hydrogen-bond acceptors (Lipinski definition) is 3. The molecular weight excluding hydrogens is 224 g/mol. The van der Waals surface area contributed by atoms with Gasteiger partial charge >= 0.3 is 0 Å². The fraction of sp³-hybridized carbons (Fsp3) is 0.200. The smallest absolute Gasteiger partial charge is 0.0991 e. The zero-order valence-corrected chi connectivity index (χ0v) is 10.2. The lowest BCUT2D eigenvalue weighted by Gasteiger charge is -2.11. The standard InChI is InChI=1S/C15H14N2O/c1-11-4-2-7-14(17-11)9-15(18)13-6-3-5-12(8-13)10-16/h2-8,15,18H,9H2,1H3/t15-/m1/s1. The van der Waals surface area contributed by atoms with Crippen molar-refractivity contribution in [3.63, 3.8) is 0 Å². The summed E-state index contributed by atoms with van der Waals surface area (Å²) < 4.78 is 0. The molecule has 0 amide bonds. The lowest BCUT2D eigenvalue weighted by Crippen LogP contribution is -2.04. The Kier molecular flexibility index (Phi) is 3.71. The molecule has 2 aromatic rings. The molecule has 3 heteroatoms. The third-order valence-corrected chi connectivity index (χ3v) is 2.75. The van der Waals surface area contributed by atoms with Crippen molar-refractivity contribution in [1.29, 1.82) is 5.26 Å². The van der Waals surface area contributed by atoms with Crippen molar-refractivity contribution in [2.24, 2.45) is 0 Å². The highest BCUT2D eigenvalue weighted by Crippen LogP contribution is 2.18. The van der Waals surface area contributed by atoms with E-state index in [1.54, 1.807) is 18.2 Å². The summed E-state index contributed by atoms with van der Waals surface area (Å²) >= 11 is 0. The van der Waals surface area contributed by atoms with Gasteiger partial charge in [0.25, 0.3) is 0 Å². The Morgan fingerprint density at radius 2 is 2.06 bits per heavy atom. The maximum Gasteiger partial charge on any atom is 0.0991 e. The molecule has 0 aliphatic rings. The second-order valence-electron chi connectivity index (χ2n) is 4.23. The van der Waals surface area contributed by atoms with Gasteiger partial charge in [-0.1, -0.05) is 18.2 Å². The highest BCUT2D eigenvalue weighted by atomic mass is 16.3. The Bertz CT molecular complexity index is 587. The van der Waals surface area contributed by atoms with Gasteiger partial charge in [-0.05, 0) is 36.8 Å². The van der Waals surface area contributed by atoms with Crippen molar-refractivity contribution >= 4 is 0 Å². The largest absolute Gasteiger partial charge is 0.388 e. The first-order chi connectivity index (χ1) is 8.69. The molecule has 0 unspecified atom stereocenters. The predicted octanol–water partition coefficient (Wildman–Crippen LogP) is 2.54. The summed E-state index contributed by atoms with van der Waals surface area (Å²) in [6, 6.07) is 14.8. The average molecular weight is 238 g/mol. The highest BCUT2D eigenvalue weighted by molar-refractivity contribution is 5.34. The van der Waals surface area contributed by atoms with Crippen molar-refractivity contribution in [3.8, 4) is 6.07 Å². The molecule has 90 valence electrons. The van der Waals surface area contributed by atoms with Gasteiger partial charge in [-0.15, -0.1) is 0 Å². The van der Waals surface area contributed by atoms with Crippen LogP contribution in [0.2, 0.25) is 0 Å². The number of rotatable bonds is 3. The second kappa shape index (κ2) is 5.44. The van der Waals surface area contributed by atoms with Crippen LogP contribution in [-0.4, -0.2) is 10.1 Å². The number of nitriles is 1. The van der Waals surface area contributed by atoms with Gasteiger partial charge in [-0.2, -0.15) is 5.26 Å². The van der Waals surface area contributed by atoms with E-state index in [1.807, 2.05) is 31.2 Å². The first kappa shape index (κ1) is 12.3. The molecule has 0 aliphatic carbocycles. The van der Waals surface area contributed by atoms with Gasteiger partial charge in [0.1, 0.15) is 0 Å². The molecule has 0 aliphatic heterocycles. The van der Waals surface area contributed by atoms with Crippen LogP contribution in [0.1, 0.15) is 28.6 Å². The Balaban J connectivity index is 2.17. The fourth-order valence-corrected chi connectivity index (χ4v) is 1.84. The summed E-state index contributed by atoms with van der Waals surface area (Å²) in [5, 5.41) is 19.0. The van der Waals surface area contributed by atoms with Crippen LogP contribution in [-0.2, 0) is 6.42 Å². The number of pyridine rings is 1. The molecule has 18 heavy (non-hydrogen) atoms. The van der Waals surface area contributed by atoms with Gasteiger partial charge in [0.2, 0.25) is 0 Å². The van der Waals surface area contributed by atoms with Crippen LogP contribution in [0.5, 0.6) is 0 Å². The van der Waals surface area contributed by atoms with Crippen LogP contribution < -0.4 is 0 Å². The van der Waals surface area contributed by atoms with E-state index >= 15 is 0 Å². The first-order valence-electron chi connectivity index (χ1n) is 5.79. The first-order valence-corrected chi connectivity index (χ1v) is 5.79. The number of aromatic nitrogens is 1. The number of aliphatic hydroxyl groups excluding tert-OH is 1. The number of benzene rings is 1. The van der Waals surface area contributed by atoms with Crippen LogP contribution >= 0.6 is 0 Å². The number of aliphatic hydroxyl groups is 1. The third kappa shape index (κ3) is 2.93. The van der Waals surface area contributed by atoms with Gasteiger partial charge in [-0.3, -0.25) is 4.98 Å². The molecule has 0 saturated carbocycles. The van der Waals surface area contributed by atoms with Crippen LogP contribution in [0.3, 0.4) is 0 Å². The Morgan fingerprint density at radius 3 is 2.78 bits per heavy atom. The molecule has 0 bridgehead atoms. The summed E-state index contributed by atoms with van der Waals surface area (Å²) in [4.78, 5) is 4.36. The lowest BCUT2D eigenvalue weighted by atomic mass is 10.0. The van der Waals surface area contributed by atoms with Gasteiger partial charge in [-0.25, -0.2) is 0 Å². The zero-order chi connectivity index (χ0) is 13.0. The van der Waals surface area contributed by atoms with E-state index in [9.17, 15) is 5.11 Å². The molecule has 1 aromatic heterocycles. The van der Waals surface area contributed by atoms with Crippen molar-refractivity contribution in [2.75, 3.05) is 0 Å².